The van der Waals surface area contributed by atoms with E-state index >= 15 is 0 Å². The average Bonchev–Trinajstić information content (AvgIpc) is 2.35. The molecule has 2 bridgehead atoms. The average molecular weight is 238 g/mol. The number of hydrogen-bond donors (Lipinski definition) is 1. The molecule has 4 rings (SSSR count). The predicted molar refractivity (Wildman–Crippen MR) is 63.3 cm³/mol. The number of methoxy groups -OCH3 is 1. The molecule has 3 nitrogen and oxygen atoms in total. The van der Waals surface area contributed by atoms with Crippen molar-refractivity contribution in [2.24, 2.45) is 17.3 Å². The Hall–Kier alpha value is -0.570. The number of ether oxygens (including phenoxy) is 1. The lowest BCUT2D eigenvalue weighted by atomic mass is 9.46. The van der Waals surface area contributed by atoms with Crippen LogP contribution in [0.1, 0.15) is 51.4 Å². The fraction of sp³-hybridized carbons (Fsp3) is 0.929. The first-order chi connectivity index (χ1) is 8.12. The third-order valence-corrected chi connectivity index (χ3v) is 5.72. The van der Waals surface area contributed by atoms with E-state index in [0.29, 0.717) is 11.8 Å². The minimum absolute atomic E-state index is 0.144. The summed E-state index contributed by atoms with van der Waals surface area (Å²) in [5.41, 5.74) is -1.33. The zero-order valence-electron chi connectivity index (χ0n) is 10.6. The van der Waals surface area contributed by atoms with Crippen molar-refractivity contribution in [1.29, 1.82) is 0 Å². The van der Waals surface area contributed by atoms with E-state index in [1.165, 1.54) is 20.0 Å². The molecule has 4 fully saturated rings. The molecule has 4 saturated carbocycles. The van der Waals surface area contributed by atoms with Crippen LogP contribution in [0.15, 0.2) is 0 Å². The first kappa shape index (κ1) is 11.5. The van der Waals surface area contributed by atoms with Crippen LogP contribution in [-0.2, 0) is 9.53 Å². The molecule has 96 valence electrons. The molecule has 1 unspecified atom stereocenters. The van der Waals surface area contributed by atoms with Gasteiger partial charge in [-0.1, -0.05) is 12.8 Å². The van der Waals surface area contributed by atoms with Crippen LogP contribution in [0, 0.1) is 17.3 Å². The quantitative estimate of drug-likeness (QED) is 0.751. The molecule has 0 radical (unpaired) electrons. The predicted octanol–water partition coefficient (Wildman–Crippen LogP) is 2.27. The molecule has 17 heavy (non-hydrogen) atoms. The Bertz CT molecular complexity index is 326. The molecule has 1 N–H and O–H groups in total. The lowest BCUT2D eigenvalue weighted by Gasteiger charge is -2.59. The smallest absolute Gasteiger partial charge is 0.315 e. The van der Waals surface area contributed by atoms with Gasteiger partial charge in [-0.15, -0.1) is 0 Å². The lowest BCUT2D eigenvalue weighted by molar-refractivity contribution is -0.220. The van der Waals surface area contributed by atoms with Crippen LogP contribution in [0.2, 0.25) is 0 Å². The fourth-order valence-corrected chi connectivity index (χ4v) is 4.63. The minimum Gasteiger partial charge on any atom is -0.468 e. The highest BCUT2D eigenvalue weighted by Gasteiger charge is 2.65. The summed E-state index contributed by atoms with van der Waals surface area (Å²) in [6.45, 7) is 0. The van der Waals surface area contributed by atoms with Crippen LogP contribution in [0.4, 0.5) is 0 Å². The molecule has 0 aromatic carbocycles. The summed E-state index contributed by atoms with van der Waals surface area (Å²) in [4.78, 5) is 12.3. The molecule has 0 aromatic rings. The second-order valence-corrected chi connectivity index (χ2v) is 6.27. The molecular formula is C14H22O3. The van der Waals surface area contributed by atoms with Gasteiger partial charge in [-0.25, -0.2) is 0 Å². The lowest BCUT2D eigenvalue weighted by Crippen LogP contribution is -2.64. The van der Waals surface area contributed by atoms with Crippen molar-refractivity contribution < 1.29 is 14.6 Å². The first-order valence-electron chi connectivity index (χ1n) is 6.93. The van der Waals surface area contributed by atoms with Crippen LogP contribution >= 0.6 is 0 Å². The van der Waals surface area contributed by atoms with Crippen molar-refractivity contribution in [1.82, 2.24) is 0 Å². The summed E-state index contributed by atoms with van der Waals surface area (Å²) in [5.74, 6) is 0.836. The number of hydrogen-bond acceptors (Lipinski definition) is 3. The zero-order chi connectivity index (χ0) is 12.1. The number of carbonyl (C=O) groups excluding carboxylic acids is 1. The largest absolute Gasteiger partial charge is 0.468 e. The molecule has 4 aliphatic rings. The van der Waals surface area contributed by atoms with E-state index < -0.39 is 11.0 Å². The Morgan fingerprint density at radius 2 is 1.88 bits per heavy atom. The molecule has 1 atom stereocenters. The van der Waals surface area contributed by atoms with Gasteiger partial charge < -0.3 is 9.84 Å². The van der Waals surface area contributed by atoms with Crippen molar-refractivity contribution in [3.8, 4) is 0 Å². The number of rotatable bonds is 2. The molecule has 0 heterocycles. The summed E-state index contributed by atoms with van der Waals surface area (Å²) >= 11 is 0. The molecular weight excluding hydrogens is 216 g/mol. The van der Waals surface area contributed by atoms with Crippen molar-refractivity contribution in [3.63, 3.8) is 0 Å². The van der Waals surface area contributed by atoms with Crippen LogP contribution in [0.25, 0.3) is 0 Å². The minimum atomic E-state index is -0.760. The van der Waals surface area contributed by atoms with E-state index in [9.17, 15) is 9.90 Å². The molecule has 0 amide bonds. The maximum absolute atomic E-state index is 12.3. The van der Waals surface area contributed by atoms with E-state index in [1.54, 1.807) is 0 Å². The molecule has 0 spiro atoms. The van der Waals surface area contributed by atoms with E-state index in [1.807, 2.05) is 0 Å². The summed E-state index contributed by atoms with van der Waals surface area (Å²) in [6, 6.07) is 0. The Morgan fingerprint density at radius 1 is 1.24 bits per heavy atom. The van der Waals surface area contributed by atoms with Gasteiger partial charge in [-0.2, -0.15) is 0 Å². The third-order valence-electron chi connectivity index (χ3n) is 5.72. The number of aliphatic hydroxyl groups is 1. The van der Waals surface area contributed by atoms with Gasteiger partial charge in [0, 0.05) is 0 Å². The monoisotopic (exact) mass is 238 g/mol. The molecule has 4 aliphatic carbocycles. The Morgan fingerprint density at radius 3 is 2.24 bits per heavy atom. The van der Waals surface area contributed by atoms with E-state index in [2.05, 4.69) is 0 Å². The van der Waals surface area contributed by atoms with Crippen molar-refractivity contribution in [2.75, 3.05) is 7.11 Å². The number of carbonyl (C=O) groups is 1. The normalized spacial score (nSPS) is 42.9. The first-order valence-corrected chi connectivity index (χ1v) is 6.93. The van der Waals surface area contributed by atoms with Crippen LogP contribution < -0.4 is 0 Å². The van der Waals surface area contributed by atoms with Gasteiger partial charge in [-0.05, 0) is 50.4 Å². The van der Waals surface area contributed by atoms with Gasteiger partial charge in [0.2, 0.25) is 0 Å². The Kier molecular flexibility index (Phi) is 2.51. The van der Waals surface area contributed by atoms with Crippen molar-refractivity contribution in [3.05, 3.63) is 0 Å². The maximum atomic E-state index is 12.3. The van der Waals surface area contributed by atoms with Gasteiger partial charge >= 0.3 is 5.97 Å². The van der Waals surface area contributed by atoms with E-state index in [-0.39, 0.29) is 5.97 Å². The van der Waals surface area contributed by atoms with E-state index in [4.69, 9.17) is 4.74 Å². The van der Waals surface area contributed by atoms with Crippen LogP contribution in [-0.4, -0.2) is 23.8 Å². The summed E-state index contributed by atoms with van der Waals surface area (Å²) < 4.78 is 5.07. The van der Waals surface area contributed by atoms with Crippen LogP contribution in [0.3, 0.4) is 0 Å². The van der Waals surface area contributed by atoms with Gasteiger partial charge in [0.1, 0.15) is 0 Å². The Balaban J connectivity index is 1.99. The van der Waals surface area contributed by atoms with Crippen molar-refractivity contribution >= 4 is 5.97 Å². The number of fused-ring (bicyclic) bond motifs is 3. The summed E-state index contributed by atoms with van der Waals surface area (Å²) in [7, 11) is 1.47. The molecule has 0 saturated heterocycles. The van der Waals surface area contributed by atoms with Gasteiger partial charge in [0.15, 0.2) is 0 Å². The second kappa shape index (κ2) is 3.71. The highest BCUT2D eigenvalue weighted by Crippen LogP contribution is 2.62. The third kappa shape index (κ3) is 1.35. The summed E-state index contributed by atoms with van der Waals surface area (Å²) in [6.07, 6.45) is 8.15. The molecule has 0 aromatic heterocycles. The standard InChI is InChI=1S/C14H22O3/c1-17-12(15)14(13(16)7-2-8-13)9-10-3-5-11(14)6-4-10/h10-11,16H,2-9H2,1H3. The van der Waals surface area contributed by atoms with Crippen LogP contribution in [0.5, 0.6) is 0 Å². The number of esters is 1. The summed E-state index contributed by atoms with van der Waals surface area (Å²) in [5, 5.41) is 10.8. The van der Waals surface area contributed by atoms with Gasteiger partial charge in [0.05, 0.1) is 18.1 Å². The zero-order valence-corrected chi connectivity index (χ0v) is 10.6. The highest BCUT2D eigenvalue weighted by atomic mass is 16.5. The Labute approximate surface area is 103 Å². The highest BCUT2D eigenvalue weighted by molar-refractivity contribution is 5.79. The molecule has 0 aliphatic heterocycles. The molecule has 3 heteroatoms. The SMILES string of the molecule is COC(=O)C1(C2(O)CCC2)CC2CCC1CC2. The van der Waals surface area contributed by atoms with E-state index in [0.717, 1.165) is 38.5 Å². The van der Waals surface area contributed by atoms with Crippen molar-refractivity contribution in [2.45, 2.75) is 57.0 Å². The second-order valence-electron chi connectivity index (χ2n) is 6.27. The topological polar surface area (TPSA) is 46.5 Å². The van der Waals surface area contributed by atoms with Gasteiger partial charge in [-0.3, -0.25) is 4.79 Å². The van der Waals surface area contributed by atoms with Gasteiger partial charge in [0.25, 0.3) is 0 Å². The fourth-order valence-electron chi connectivity index (χ4n) is 4.63. The maximum Gasteiger partial charge on any atom is 0.315 e.